The van der Waals surface area contributed by atoms with Gasteiger partial charge in [0, 0.05) is 5.69 Å². The molecule has 4 nitrogen and oxygen atoms in total. The Balaban J connectivity index is 1.69. The molecule has 27 heavy (non-hydrogen) atoms. The van der Waals surface area contributed by atoms with E-state index in [1.807, 2.05) is 44.2 Å². The first kappa shape index (κ1) is 19.2. The molecule has 1 N–H and O–H groups in total. The first-order valence-corrected chi connectivity index (χ1v) is 9.83. The molecule has 0 aromatic heterocycles. The van der Waals surface area contributed by atoms with Crippen molar-refractivity contribution in [2.45, 2.75) is 33.6 Å². The lowest BCUT2D eigenvalue weighted by Crippen LogP contribution is -2.33. The summed E-state index contributed by atoms with van der Waals surface area (Å²) in [7, 11) is 0. The molecule has 0 aliphatic carbocycles. The Morgan fingerprint density at radius 1 is 1.04 bits per heavy atom. The summed E-state index contributed by atoms with van der Waals surface area (Å²) < 4.78 is 0. The average molecular weight is 381 g/mol. The Morgan fingerprint density at radius 3 is 2.37 bits per heavy atom. The molecule has 1 fully saturated rings. The van der Waals surface area contributed by atoms with Crippen molar-refractivity contribution in [3.05, 3.63) is 69.6 Å². The van der Waals surface area contributed by atoms with Crippen molar-refractivity contribution in [2.75, 3.05) is 12.0 Å². The van der Waals surface area contributed by atoms with E-state index in [1.54, 1.807) is 6.08 Å². The lowest BCUT2D eigenvalue weighted by molar-refractivity contribution is -0.122. The van der Waals surface area contributed by atoms with E-state index in [0.717, 1.165) is 23.0 Å². The number of benzene rings is 2. The topological polar surface area (TPSA) is 49.4 Å². The van der Waals surface area contributed by atoms with E-state index in [1.165, 1.54) is 21.6 Å². The number of anilines is 1. The molecular formula is C22H24N2O2S. The van der Waals surface area contributed by atoms with Crippen molar-refractivity contribution in [1.29, 1.82) is 0 Å². The molecule has 0 bridgehead atoms. The SMILES string of the molecule is Cc1ccc(NCN2C(=O)S/C(=C/c3ccc(C(C)C)cc3)C2=O)cc1C. The third-order valence-corrected chi connectivity index (χ3v) is 5.63. The third-order valence-electron chi connectivity index (χ3n) is 4.72. The first-order valence-electron chi connectivity index (χ1n) is 9.01. The molecule has 1 aliphatic rings. The lowest BCUT2D eigenvalue weighted by Gasteiger charge is -2.15. The maximum atomic E-state index is 12.6. The number of rotatable bonds is 5. The molecule has 1 heterocycles. The monoisotopic (exact) mass is 380 g/mol. The maximum absolute atomic E-state index is 12.6. The van der Waals surface area contributed by atoms with Crippen LogP contribution in [0.4, 0.5) is 10.5 Å². The summed E-state index contributed by atoms with van der Waals surface area (Å²) >= 11 is 0.986. The summed E-state index contributed by atoms with van der Waals surface area (Å²) in [6.45, 7) is 8.53. The van der Waals surface area contributed by atoms with E-state index in [4.69, 9.17) is 0 Å². The van der Waals surface area contributed by atoms with E-state index in [2.05, 4.69) is 31.3 Å². The lowest BCUT2D eigenvalue weighted by atomic mass is 10.0. The summed E-state index contributed by atoms with van der Waals surface area (Å²) in [5.41, 5.74) is 5.44. The van der Waals surface area contributed by atoms with Crippen LogP contribution < -0.4 is 5.32 Å². The number of nitrogens with zero attached hydrogens (tertiary/aromatic N) is 1. The van der Waals surface area contributed by atoms with Gasteiger partial charge in [-0.1, -0.05) is 44.2 Å². The van der Waals surface area contributed by atoms with Crippen molar-refractivity contribution >= 4 is 34.7 Å². The predicted molar refractivity (Wildman–Crippen MR) is 113 cm³/mol. The molecule has 0 atom stereocenters. The van der Waals surface area contributed by atoms with Crippen LogP contribution in [0.1, 0.15) is 42.0 Å². The minimum Gasteiger partial charge on any atom is -0.367 e. The summed E-state index contributed by atoms with van der Waals surface area (Å²) in [6.07, 6.45) is 1.78. The Kier molecular flexibility index (Phi) is 5.71. The van der Waals surface area contributed by atoms with Crippen molar-refractivity contribution < 1.29 is 9.59 Å². The van der Waals surface area contributed by atoms with Gasteiger partial charge in [-0.15, -0.1) is 0 Å². The second-order valence-corrected chi connectivity index (χ2v) is 8.06. The summed E-state index contributed by atoms with van der Waals surface area (Å²) in [4.78, 5) is 26.6. The molecule has 5 heteroatoms. The highest BCUT2D eigenvalue weighted by Gasteiger charge is 2.34. The van der Waals surface area contributed by atoms with Gasteiger partial charge in [-0.2, -0.15) is 0 Å². The third kappa shape index (κ3) is 4.42. The van der Waals surface area contributed by atoms with Crippen molar-refractivity contribution in [3.8, 4) is 0 Å². The number of hydrogen-bond donors (Lipinski definition) is 1. The van der Waals surface area contributed by atoms with Crippen molar-refractivity contribution in [2.24, 2.45) is 0 Å². The number of amides is 2. The quantitative estimate of drug-likeness (QED) is 0.693. The summed E-state index contributed by atoms with van der Waals surface area (Å²) in [5.74, 6) is 0.206. The number of carbonyl (C=O) groups is 2. The number of thioether (sulfide) groups is 1. The maximum Gasteiger partial charge on any atom is 0.295 e. The highest BCUT2D eigenvalue weighted by molar-refractivity contribution is 8.18. The van der Waals surface area contributed by atoms with Crippen molar-refractivity contribution in [1.82, 2.24) is 4.90 Å². The van der Waals surface area contributed by atoms with Crippen LogP contribution in [-0.2, 0) is 4.79 Å². The Morgan fingerprint density at radius 2 is 1.74 bits per heavy atom. The molecule has 1 saturated heterocycles. The van der Waals surface area contributed by atoms with E-state index in [-0.39, 0.29) is 17.8 Å². The standard InChI is InChI=1S/C22H24N2O2S/c1-14(2)18-8-6-17(7-9-18)12-20-21(25)24(22(26)27-20)13-23-19-10-5-15(3)16(4)11-19/h5-12,14,23H,13H2,1-4H3/b20-12+. The molecule has 2 amide bonds. The minimum atomic E-state index is -0.255. The zero-order chi connectivity index (χ0) is 19.6. The summed E-state index contributed by atoms with van der Waals surface area (Å²) in [6, 6.07) is 14.1. The van der Waals surface area contributed by atoms with Crippen LogP contribution in [0.3, 0.4) is 0 Å². The van der Waals surface area contributed by atoms with E-state index in [9.17, 15) is 9.59 Å². The molecular weight excluding hydrogens is 356 g/mol. The van der Waals surface area contributed by atoms with Gasteiger partial charge in [0.15, 0.2) is 0 Å². The van der Waals surface area contributed by atoms with Gasteiger partial charge in [-0.05, 0) is 72.0 Å². The fraction of sp³-hybridized carbons (Fsp3) is 0.273. The fourth-order valence-corrected chi connectivity index (χ4v) is 3.62. The zero-order valence-electron chi connectivity index (χ0n) is 16.1. The van der Waals surface area contributed by atoms with Gasteiger partial charge >= 0.3 is 0 Å². The van der Waals surface area contributed by atoms with Gasteiger partial charge < -0.3 is 5.32 Å². The second-order valence-electron chi connectivity index (χ2n) is 7.07. The second kappa shape index (κ2) is 8.01. The van der Waals surface area contributed by atoms with E-state index < -0.39 is 0 Å². The smallest absolute Gasteiger partial charge is 0.295 e. The zero-order valence-corrected chi connectivity index (χ0v) is 16.9. The Bertz CT molecular complexity index is 901. The number of aryl methyl sites for hydroxylation is 2. The largest absolute Gasteiger partial charge is 0.367 e. The van der Waals surface area contributed by atoms with Crippen LogP contribution in [-0.4, -0.2) is 22.7 Å². The van der Waals surface area contributed by atoms with Crippen LogP contribution in [0.5, 0.6) is 0 Å². The van der Waals surface area contributed by atoms with E-state index in [0.29, 0.717) is 10.8 Å². The molecule has 140 valence electrons. The minimum absolute atomic E-state index is 0.163. The van der Waals surface area contributed by atoms with Crippen LogP contribution in [0.25, 0.3) is 6.08 Å². The molecule has 0 radical (unpaired) electrons. The van der Waals surface area contributed by atoms with Gasteiger partial charge in [0.1, 0.15) is 0 Å². The molecule has 0 spiro atoms. The van der Waals surface area contributed by atoms with Crippen LogP contribution in [0.2, 0.25) is 0 Å². The van der Waals surface area contributed by atoms with E-state index >= 15 is 0 Å². The van der Waals surface area contributed by atoms with Gasteiger partial charge in [0.25, 0.3) is 11.1 Å². The van der Waals surface area contributed by atoms with Gasteiger partial charge in [0.2, 0.25) is 0 Å². The van der Waals surface area contributed by atoms with Crippen LogP contribution in [0.15, 0.2) is 47.4 Å². The fourth-order valence-electron chi connectivity index (χ4n) is 2.79. The highest BCUT2D eigenvalue weighted by Crippen LogP contribution is 2.32. The van der Waals surface area contributed by atoms with Crippen LogP contribution >= 0.6 is 11.8 Å². The van der Waals surface area contributed by atoms with Crippen molar-refractivity contribution in [3.63, 3.8) is 0 Å². The Hall–Kier alpha value is -2.53. The molecule has 1 aliphatic heterocycles. The highest BCUT2D eigenvalue weighted by atomic mass is 32.2. The number of carbonyl (C=O) groups excluding carboxylic acids is 2. The molecule has 3 rings (SSSR count). The molecule has 2 aromatic rings. The average Bonchev–Trinajstić information content (AvgIpc) is 2.90. The number of hydrogen-bond acceptors (Lipinski definition) is 4. The van der Waals surface area contributed by atoms with Gasteiger partial charge in [-0.25, -0.2) is 0 Å². The molecule has 2 aromatic carbocycles. The predicted octanol–water partition coefficient (Wildman–Crippen LogP) is 5.53. The first-order chi connectivity index (χ1) is 12.8. The van der Waals surface area contributed by atoms with Gasteiger partial charge in [0.05, 0.1) is 11.6 Å². The molecule has 0 unspecified atom stereocenters. The number of nitrogens with one attached hydrogen (secondary N) is 1. The Labute approximate surface area is 164 Å². The summed E-state index contributed by atoms with van der Waals surface area (Å²) in [5, 5.41) is 2.91. The van der Waals surface area contributed by atoms with Crippen LogP contribution in [0, 0.1) is 13.8 Å². The van der Waals surface area contributed by atoms with Gasteiger partial charge in [-0.3, -0.25) is 14.5 Å². The molecule has 0 saturated carbocycles. The normalized spacial score (nSPS) is 15.9. The number of imide groups is 1.